The standard InChI is InChI=1S/C7H9NO/c9-7-3-5-1-2-6(7)8-4-5/h1-2,5-6,8H,3-4H2/t5-,6+/m0/s1. The van der Waals surface area contributed by atoms with Crippen LogP contribution in [0, 0.1) is 5.92 Å². The summed E-state index contributed by atoms with van der Waals surface area (Å²) >= 11 is 0. The van der Waals surface area contributed by atoms with Gasteiger partial charge in [-0.15, -0.1) is 0 Å². The zero-order valence-corrected chi connectivity index (χ0v) is 5.13. The van der Waals surface area contributed by atoms with Gasteiger partial charge in [-0.3, -0.25) is 4.79 Å². The monoisotopic (exact) mass is 123 g/mol. The van der Waals surface area contributed by atoms with Crippen LogP contribution in [0.25, 0.3) is 0 Å². The summed E-state index contributed by atoms with van der Waals surface area (Å²) < 4.78 is 0. The number of carbonyl (C=O) groups is 1. The van der Waals surface area contributed by atoms with E-state index in [0.29, 0.717) is 11.7 Å². The molecule has 2 heterocycles. The van der Waals surface area contributed by atoms with Crippen LogP contribution < -0.4 is 5.32 Å². The Kier molecular flexibility index (Phi) is 0.963. The highest BCUT2D eigenvalue weighted by atomic mass is 16.1. The van der Waals surface area contributed by atoms with Gasteiger partial charge in [-0.05, 0) is 5.92 Å². The van der Waals surface area contributed by atoms with Crippen molar-refractivity contribution in [1.29, 1.82) is 0 Å². The minimum Gasteiger partial charge on any atom is -0.304 e. The van der Waals surface area contributed by atoms with Crippen molar-refractivity contribution >= 4 is 5.78 Å². The van der Waals surface area contributed by atoms with Gasteiger partial charge in [0, 0.05) is 13.0 Å². The van der Waals surface area contributed by atoms with Gasteiger partial charge in [-0.2, -0.15) is 0 Å². The molecule has 9 heavy (non-hydrogen) atoms. The van der Waals surface area contributed by atoms with Crippen molar-refractivity contribution in [3.05, 3.63) is 12.2 Å². The Morgan fingerprint density at radius 1 is 1.56 bits per heavy atom. The largest absolute Gasteiger partial charge is 0.304 e. The second kappa shape index (κ2) is 1.67. The van der Waals surface area contributed by atoms with Crippen molar-refractivity contribution in [2.45, 2.75) is 12.5 Å². The number of hydrogen-bond donors (Lipinski definition) is 1. The van der Waals surface area contributed by atoms with Gasteiger partial charge in [0.1, 0.15) is 0 Å². The highest BCUT2D eigenvalue weighted by Gasteiger charge is 2.28. The molecule has 0 aromatic rings. The summed E-state index contributed by atoms with van der Waals surface area (Å²) in [6.45, 7) is 0.993. The minimum atomic E-state index is 0.0509. The van der Waals surface area contributed by atoms with Crippen LogP contribution in [-0.4, -0.2) is 18.4 Å². The molecule has 0 amide bonds. The minimum absolute atomic E-state index is 0.0509. The lowest BCUT2D eigenvalue weighted by molar-refractivity contribution is -0.122. The number of nitrogens with one attached hydrogen (secondary N) is 1. The summed E-state index contributed by atoms with van der Waals surface area (Å²) in [6, 6.07) is 0.0509. The Hall–Kier alpha value is -0.630. The van der Waals surface area contributed by atoms with E-state index in [9.17, 15) is 4.79 Å². The molecule has 2 atom stereocenters. The number of carbonyl (C=O) groups excluding carboxylic acids is 1. The fourth-order valence-electron chi connectivity index (χ4n) is 1.43. The van der Waals surface area contributed by atoms with Crippen molar-refractivity contribution < 1.29 is 4.79 Å². The molecule has 0 spiro atoms. The van der Waals surface area contributed by atoms with Gasteiger partial charge in [0.25, 0.3) is 0 Å². The van der Waals surface area contributed by atoms with E-state index >= 15 is 0 Å². The van der Waals surface area contributed by atoms with Crippen LogP contribution in [0.5, 0.6) is 0 Å². The maximum absolute atomic E-state index is 10.9. The zero-order chi connectivity index (χ0) is 6.27. The van der Waals surface area contributed by atoms with E-state index in [2.05, 4.69) is 11.4 Å². The van der Waals surface area contributed by atoms with E-state index in [4.69, 9.17) is 0 Å². The van der Waals surface area contributed by atoms with Crippen LogP contribution in [0.1, 0.15) is 6.42 Å². The first-order valence-corrected chi connectivity index (χ1v) is 3.31. The van der Waals surface area contributed by atoms with Crippen molar-refractivity contribution in [1.82, 2.24) is 5.32 Å². The summed E-state index contributed by atoms with van der Waals surface area (Å²) in [5.74, 6) is 0.844. The van der Waals surface area contributed by atoms with Crippen LogP contribution in [0.3, 0.4) is 0 Å². The van der Waals surface area contributed by atoms with E-state index in [0.717, 1.165) is 13.0 Å². The lowest BCUT2D eigenvalue weighted by Crippen LogP contribution is -2.47. The number of piperidine rings is 1. The van der Waals surface area contributed by atoms with E-state index in [1.165, 1.54) is 0 Å². The molecule has 3 rings (SSSR count). The molecule has 1 N–H and O–H groups in total. The Morgan fingerprint density at radius 3 is 2.67 bits per heavy atom. The lowest BCUT2D eigenvalue weighted by atomic mass is 9.87. The predicted molar refractivity (Wildman–Crippen MR) is 34.0 cm³/mol. The van der Waals surface area contributed by atoms with Gasteiger partial charge in [0.05, 0.1) is 6.04 Å². The van der Waals surface area contributed by atoms with Crippen LogP contribution in [0.15, 0.2) is 12.2 Å². The number of fused-ring (bicyclic) bond motifs is 2. The molecule has 1 saturated heterocycles. The molecule has 2 bridgehead atoms. The van der Waals surface area contributed by atoms with Gasteiger partial charge in [-0.1, -0.05) is 12.2 Å². The quantitative estimate of drug-likeness (QED) is 0.463. The topological polar surface area (TPSA) is 29.1 Å². The number of ketones is 1. The Balaban J connectivity index is 2.29. The molecule has 2 nitrogen and oxygen atoms in total. The summed E-state index contributed by atoms with van der Waals surface area (Å²) in [7, 11) is 0. The third-order valence-electron chi connectivity index (χ3n) is 1.99. The van der Waals surface area contributed by atoms with E-state index in [1.54, 1.807) is 0 Å². The molecule has 1 aliphatic carbocycles. The highest BCUT2D eigenvalue weighted by Crippen LogP contribution is 2.18. The van der Waals surface area contributed by atoms with Crippen LogP contribution >= 0.6 is 0 Å². The molecule has 48 valence electrons. The van der Waals surface area contributed by atoms with Crippen molar-refractivity contribution in [3.8, 4) is 0 Å². The number of rotatable bonds is 0. The maximum atomic E-state index is 10.9. The molecule has 3 aliphatic rings. The van der Waals surface area contributed by atoms with Gasteiger partial charge in [0.2, 0.25) is 0 Å². The van der Waals surface area contributed by atoms with Gasteiger partial charge in [0.15, 0.2) is 5.78 Å². The summed E-state index contributed by atoms with van der Waals surface area (Å²) in [5.41, 5.74) is 0. The number of hydrogen-bond acceptors (Lipinski definition) is 2. The fraction of sp³-hybridized carbons (Fsp3) is 0.571. The van der Waals surface area contributed by atoms with Crippen molar-refractivity contribution in [2.75, 3.05) is 6.54 Å². The van der Waals surface area contributed by atoms with Crippen LogP contribution in [0.2, 0.25) is 0 Å². The average Bonchev–Trinajstić information content (AvgIpc) is 1.90. The van der Waals surface area contributed by atoms with E-state index < -0.39 is 0 Å². The SMILES string of the molecule is O=C1C[C@@H]2C=C[C@H]1NC2. The van der Waals surface area contributed by atoms with Crippen molar-refractivity contribution in [2.24, 2.45) is 5.92 Å². The number of Topliss-reactive ketones (excluding diaryl/α,β-unsaturated/α-hetero) is 1. The zero-order valence-electron chi connectivity index (χ0n) is 5.13. The summed E-state index contributed by atoms with van der Waals surface area (Å²) in [5, 5.41) is 3.13. The smallest absolute Gasteiger partial charge is 0.154 e. The Morgan fingerprint density at radius 2 is 2.44 bits per heavy atom. The highest BCUT2D eigenvalue weighted by molar-refractivity contribution is 5.88. The van der Waals surface area contributed by atoms with E-state index in [1.807, 2.05) is 6.08 Å². The van der Waals surface area contributed by atoms with Crippen molar-refractivity contribution in [3.63, 3.8) is 0 Å². The third kappa shape index (κ3) is 0.704. The molecule has 2 heteroatoms. The molecule has 0 radical (unpaired) electrons. The second-order valence-electron chi connectivity index (χ2n) is 2.70. The molecule has 2 aliphatic heterocycles. The second-order valence-corrected chi connectivity index (χ2v) is 2.70. The normalized spacial score (nSPS) is 39.8. The first-order valence-electron chi connectivity index (χ1n) is 3.31. The van der Waals surface area contributed by atoms with Gasteiger partial charge >= 0.3 is 0 Å². The lowest BCUT2D eigenvalue weighted by Gasteiger charge is -2.29. The Labute approximate surface area is 53.9 Å². The third-order valence-corrected chi connectivity index (χ3v) is 1.99. The molecule has 0 saturated carbocycles. The van der Waals surface area contributed by atoms with Crippen LogP contribution in [0.4, 0.5) is 0 Å². The Bertz CT molecular complexity index is 174. The van der Waals surface area contributed by atoms with Gasteiger partial charge < -0.3 is 5.32 Å². The average molecular weight is 123 g/mol. The predicted octanol–water partition coefficient (Wildman–Crippen LogP) is 0.103. The van der Waals surface area contributed by atoms with Crippen LogP contribution in [-0.2, 0) is 4.79 Å². The molecule has 0 unspecified atom stereocenters. The molecule has 1 fully saturated rings. The molecule has 0 aromatic carbocycles. The molecular formula is C7H9NO. The summed E-state index contributed by atoms with van der Waals surface area (Å²) in [4.78, 5) is 10.9. The maximum Gasteiger partial charge on any atom is 0.154 e. The fourth-order valence-corrected chi connectivity index (χ4v) is 1.43. The first-order chi connectivity index (χ1) is 4.36. The molecular weight excluding hydrogens is 114 g/mol. The summed E-state index contributed by atoms with van der Waals surface area (Å²) in [6.07, 6.45) is 4.87. The van der Waals surface area contributed by atoms with Gasteiger partial charge in [-0.25, -0.2) is 0 Å². The molecule has 0 aromatic heterocycles. The van der Waals surface area contributed by atoms with E-state index in [-0.39, 0.29) is 6.04 Å². The first kappa shape index (κ1) is 5.18.